The topological polar surface area (TPSA) is 56.9 Å². The molecule has 3 nitrogen and oxygen atoms in total. The average Bonchev–Trinajstić information content (AvgIpc) is 2.45. The van der Waals surface area contributed by atoms with Crippen molar-refractivity contribution >= 4 is 52.3 Å². The summed E-state index contributed by atoms with van der Waals surface area (Å²) in [6.45, 7) is 0. The maximum absolute atomic E-state index is 8.42. The Bertz CT molecular complexity index is 685. The number of methoxy groups -OCH3 is 1. The smallest absolute Gasteiger partial charge is 0.213 e. The van der Waals surface area contributed by atoms with Gasteiger partial charge in [0.25, 0.3) is 0 Å². The zero-order valence-corrected chi connectivity index (χ0v) is 14.4. The molecule has 114 valence electrons. The second-order valence-corrected chi connectivity index (χ2v) is 5.71. The summed E-state index contributed by atoms with van der Waals surface area (Å²) >= 11 is 22.6. The minimum absolute atomic E-state index is 0.0550. The summed E-state index contributed by atoms with van der Waals surface area (Å²) in [5.74, 6) is 0.0550. The molecule has 0 heterocycles. The number of hydrogen-bond donors (Lipinski definition) is 1. The van der Waals surface area contributed by atoms with E-state index in [4.69, 9.17) is 61.8 Å². The van der Waals surface area contributed by atoms with Crippen molar-refractivity contribution in [1.29, 1.82) is 10.7 Å². The van der Waals surface area contributed by atoms with E-state index < -0.39 is 0 Å². The molecule has 0 spiro atoms. The molecule has 22 heavy (non-hydrogen) atoms. The maximum Gasteiger partial charge on any atom is 0.213 e. The fourth-order valence-corrected chi connectivity index (χ4v) is 2.47. The number of rotatable bonds is 1. The number of ether oxygens (including phenoxy) is 1. The van der Waals surface area contributed by atoms with Gasteiger partial charge in [-0.25, -0.2) is 0 Å². The standard InChI is InChI=1S/C8H7Cl2NO.C7H3Cl2N/c1-12-8(11)5-2-6(9)4-7(10)3-5;8-6-1-5(4-10)2-7(9)3-6/h2-4,11H,1H3;1-3H. The summed E-state index contributed by atoms with van der Waals surface area (Å²) in [6, 6.07) is 11.5. The molecule has 0 saturated heterocycles. The maximum atomic E-state index is 8.42. The van der Waals surface area contributed by atoms with Crippen LogP contribution < -0.4 is 0 Å². The highest BCUT2D eigenvalue weighted by molar-refractivity contribution is 6.35. The molecule has 0 aromatic heterocycles. The van der Waals surface area contributed by atoms with Crippen molar-refractivity contribution < 1.29 is 4.74 Å². The fraction of sp³-hybridized carbons (Fsp3) is 0.0667. The number of nitriles is 1. The Hall–Kier alpha value is -1.44. The summed E-state index contributed by atoms with van der Waals surface area (Å²) in [6.07, 6.45) is 0. The molecule has 0 aliphatic carbocycles. The normalized spacial score (nSPS) is 9.27. The first-order chi connectivity index (χ1) is 10.3. The fourth-order valence-electron chi connectivity index (χ4n) is 1.42. The predicted molar refractivity (Wildman–Crippen MR) is 91.5 cm³/mol. The van der Waals surface area contributed by atoms with Crippen LogP contribution in [0, 0.1) is 16.7 Å². The van der Waals surface area contributed by atoms with Crippen molar-refractivity contribution in [1.82, 2.24) is 0 Å². The van der Waals surface area contributed by atoms with Crippen molar-refractivity contribution in [2.75, 3.05) is 7.11 Å². The van der Waals surface area contributed by atoms with Crippen LogP contribution in [0.4, 0.5) is 0 Å². The Morgan fingerprint density at radius 3 is 1.68 bits per heavy atom. The third kappa shape index (κ3) is 6.13. The molecular formula is C15H10Cl4N2O. The highest BCUT2D eigenvalue weighted by Gasteiger charge is 2.03. The summed E-state index contributed by atoms with van der Waals surface area (Å²) in [4.78, 5) is 0. The molecule has 1 N–H and O–H groups in total. The van der Waals surface area contributed by atoms with Gasteiger partial charge in [-0.15, -0.1) is 0 Å². The largest absolute Gasteiger partial charge is 0.481 e. The predicted octanol–water partition coefficient (Wildman–Crippen LogP) is 5.83. The van der Waals surface area contributed by atoms with Crippen molar-refractivity contribution in [3.8, 4) is 6.07 Å². The highest BCUT2D eigenvalue weighted by Crippen LogP contribution is 2.19. The SMILES string of the molecule is COC(=N)c1cc(Cl)cc(Cl)c1.N#Cc1cc(Cl)cc(Cl)c1. The summed E-state index contributed by atoms with van der Waals surface area (Å²) in [5.41, 5.74) is 1.06. The number of hydrogen-bond acceptors (Lipinski definition) is 3. The van der Waals surface area contributed by atoms with Crippen molar-refractivity contribution in [3.63, 3.8) is 0 Å². The summed E-state index contributed by atoms with van der Waals surface area (Å²) in [7, 11) is 1.43. The number of benzene rings is 2. The molecule has 0 fully saturated rings. The van der Waals surface area contributed by atoms with Crippen LogP contribution in [0.3, 0.4) is 0 Å². The zero-order valence-electron chi connectivity index (χ0n) is 11.3. The summed E-state index contributed by atoms with van der Waals surface area (Å²) < 4.78 is 4.71. The van der Waals surface area contributed by atoms with Crippen LogP contribution >= 0.6 is 46.4 Å². The number of nitrogens with one attached hydrogen (secondary N) is 1. The highest BCUT2D eigenvalue weighted by atomic mass is 35.5. The van der Waals surface area contributed by atoms with E-state index in [1.54, 1.807) is 36.4 Å². The van der Waals surface area contributed by atoms with E-state index in [1.165, 1.54) is 7.11 Å². The minimum atomic E-state index is 0.0550. The third-order valence-corrected chi connectivity index (χ3v) is 3.19. The molecule has 0 aliphatic rings. The number of halogens is 4. The molecule has 0 bridgehead atoms. The lowest BCUT2D eigenvalue weighted by atomic mass is 10.2. The Morgan fingerprint density at radius 2 is 1.32 bits per heavy atom. The molecule has 0 atom stereocenters. The molecule has 2 aromatic rings. The van der Waals surface area contributed by atoms with Crippen LogP contribution in [0.25, 0.3) is 0 Å². The van der Waals surface area contributed by atoms with Gasteiger partial charge in [-0.2, -0.15) is 5.26 Å². The quantitative estimate of drug-likeness (QED) is 0.503. The Balaban J connectivity index is 0.000000224. The van der Waals surface area contributed by atoms with Crippen LogP contribution in [0.15, 0.2) is 36.4 Å². The average molecular weight is 376 g/mol. The van der Waals surface area contributed by atoms with Gasteiger partial charge in [0.1, 0.15) is 0 Å². The van der Waals surface area contributed by atoms with Gasteiger partial charge in [0.2, 0.25) is 5.90 Å². The van der Waals surface area contributed by atoms with Gasteiger partial charge in [-0.3, -0.25) is 5.41 Å². The van der Waals surface area contributed by atoms with E-state index in [0.717, 1.165) is 0 Å². The lowest BCUT2D eigenvalue weighted by molar-refractivity contribution is 0.401. The molecule has 0 unspecified atom stereocenters. The lowest BCUT2D eigenvalue weighted by Crippen LogP contribution is -2.00. The number of nitrogens with zero attached hydrogens (tertiary/aromatic N) is 1. The first kappa shape index (κ1) is 18.6. The first-order valence-electron chi connectivity index (χ1n) is 5.81. The summed E-state index contributed by atoms with van der Waals surface area (Å²) in [5, 5.41) is 17.7. The van der Waals surface area contributed by atoms with Crippen LogP contribution in [-0.2, 0) is 4.74 Å². The van der Waals surface area contributed by atoms with Crippen LogP contribution in [0.2, 0.25) is 20.1 Å². The molecule has 0 saturated carbocycles. The second-order valence-electron chi connectivity index (χ2n) is 3.96. The van der Waals surface area contributed by atoms with Crippen LogP contribution in [0.1, 0.15) is 11.1 Å². The molecule has 2 aromatic carbocycles. The Morgan fingerprint density at radius 1 is 0.909 bits per heavy atom. The zero-order chi connectivity index (χ0) is 16.7. The van der Waals surface area contributed by atoms with Gasteiger partial charge in [0, 0.05) is 25.7 Å². The van der Waals surface area contributed by atoms with E-state index in [0.29, 0.717) is 31.2 Å². The Kier molecular flexibility index (Phi) is 7.50. The molecule has 7 heteroatoms. The monoisotopic (exact) mass is 374 g/mol. The van der Waals surface area contributed by atoms with Gasteiger partial charge in [-0.05, 0) is 36.4 Å². The van der Waals surface area contributed by atoms with Gasteiger partial charge in [0.05, 0.1) is 18.7 Å². The van der Waals surface area contributed by atoms with Crippen molar-refractivity contribution in [3.05, 3.63) is 67.6 Å². The van der Waals surface area contributed by atoms with Crippen LogP contribution in [0.5, 0.6) is 0 Å². The van der Waals surface area contributed by atoms with Gasteiger partial charge in [0.15, 0.2) is 0 Å². The Labute approximate surface area is 148 Å². The molecule has 0 amide bonds. The second kappa shape index (κ2) is 8.87. The van der Waals surface area contributed by atoms with Crippen LogP contribution in [-0.4, -0.2) is 13.0 Å². The first-order valence-corrected chi connectivity index (χ1v) is 7.32. The van der Waals surface area contributed by atoms with E-state index >= 15 is 0 Å². The third-order valence-electron chi connectivity index (χ3n) is 2.32. The van der Waals surface area contributed by atoms with Gasteiger partial charge in [-0.1, -0.05) is 46.4 Å². The molecule has 2 rings (SSSR count). The molecular weight excluding hydrogens is 366 g/mol. The minimum Gasteiger partial charge on any atom is -0.481 e. The lowest BCUT2D eigenvalue weighted by Gasteiger charge is -2.02. The molecule has 0 aliphatic heterocycles. The van der Waals surface area contributed by atoms with E-state index in [9.17, 15) is 0 Å². The van der Waals surface area contributed by atoms with E-state index in [-0.39, 0.29) is 5.90 Å². The van der Waals surface area contributed by atoms with Gasteiger partial charge >= 0.3 is 0 Å². The molecule has 0 radical (unpaired) electrons. The van der Waals surface area contributed by atoms with Gasteiger partial charge < -0.3 is 4.74 Å². The van der Waals surface area contributed by atoms with Crippen molar-refractivity contribution in [2.24, 2.45) is 0 Å². The van der Waals surface area contributed by atoms with E-state index in [1.807, 2.05) is 6.07 Å². The van der Waals surface area contributed by atoms with E-state index in [2.05, 4.69) is 0 Å². The van der Waals surface area contributed by atoms with Crippen molar-refractivity contribution in [2.45, 2.75) is 0 Å².